The molecule has 96 valence electrons. The molecule has 0 bridgehead atoms. The molecular weight excluding hydrogens is 283 g/mol. The van der Waals surface area contributed by atoms with Crippen LogP contribution in [0.3, 0.4) is 0 Å². The Kier molecular flexibility index (Phi) is 3.36. The number of halogens is 2. The molecule has 2 heterocycles. The second-order valence-corrected chi connectivity index (χ2v) is 4.74. The van der Waals surface area contributed by atoms with E-state index in [1.807, 2.05) is 34.9 Å². The highest BCUT2D eigenvalue weighted by Crippen LogP contribution is 2.25. The smallest absolute Gasteiger partial charge is 0.125 e. The third-order valence-corrected chi connectivity index (χ3v) is 3.42. The van der Waals surface area contributed by atoms with Gasteiger partial charge in [-0.05, 0) is 24.3 Å². The summed E-state index contributed by atoms with van der Waals surface area (Å²) < 4.78 is 2.01. The normalized spacial score (nSPS) is 11.1. The summed E-state index contributed by atoms with van der Waals surface area (Å²) in [7, 11) is 0. The maximum absolute atomic E-state index is 6.16. The van der Waals surface area contributed by atoms with Gasteiger partial charge in [-0.2, -0.15) is 10.2 Å². The zero-order valence-corrected chi connectivity index (χ0v) is 11.4. The van der Waals surface area contributed by atoms with E-state index in [1.54, 1.807) is 6.20 Å². The molecule has 0 aliphatic rings. The van der Waals surface area contributed by atoms with E-state index in [1.165, 1.54) is 0 Å². The third-order valence-electron chi connectivity index (χ3n) is 2.88. The van der Waals surface area contributed by atoms with Crippen LogP contribution in [-0.4, -0.2) is 19.7 Å². The summed E-state index contributed by atoms with van der Waals surface area (Å²) >= 11 is 12.1. The molecule has 0 amide bonds. The molecule has 0 fully saturated rings. The van der Waals surface area contributed by atoms with Crippen LogP contribution in [-0.2, 0) is 12.4 Å². The van der Waals surface area contributed by atoms with Gasteiger partial charge in [-0.25, -0.2) is 4.98 Å². The van der Waals surface area contributed by atoms with Gasteiger partial charge in [-0.3, -0.25) is 0 Å². The summed E-state index contributed by atoms with van der Waals surface area (Å²) in [5.74, 6) is 1.10. The molecule has 0 aliphatic heterocycles. The highest BCUT2D eigenvalue weighted by Gasteiger charge is 2.12. The lowest BCUT2D eigenvalue weighted by Crippen LogP contribution is -2.05. The predicted octanol–water partition coefficient (Wildman–Crippen LogP) is 3.27. The molecule has 4 nitrogen and oxygen atoms in total. The number of fused-ring (bicyclic) bond motifs is 1. The molecule has 0 radical (unpaired) electrons. The van der Waals surface area contributed by atoms with E-state index in [0.717, 1.165) is 22.6 Å². The number of hydrogen-bond donors (Lipinski definition) is 0. The van der Waals surface area contributed by atoms with Crippen molar-refractivity contribution in [1.82, 2.24) is 19.7 Å². The molecule has 0 unspecified atom stereocenters. The van der Waals surface area contributed by atoms with Gasteiger partial charge in [0.25, 0.3) is 0 Å². The lowest BCUT2D eigenvalue weighted by atomic mass is 10.3. The van der Waals surface area contributed by atoms with Gasteiger partial charge in [0.05, 0.1) is 28.7 Å². The minimum absolute atomic E-state index is 0.325. The number of hydrogen-bond acceptors (Lipinski definition) is 3. The first-order valence-corrected chi connectivity index (χ1v) is 6.67. The maximum Gasteiger partial charge on any atom is 0.125 e. The van der Waals surface area contributed by atoms with Crippen LogP contribution in [0.25, 0.3) is 11.0 Å². The maximum atomic E-state index is 6.16. The molecule has 3 rings (SSSR count). The Labute approximate surface area is 120 Å². The van der Waals surface area contributed by atoms with E-state index in [-0.39, 0.29) is 0 Å². The van der Waals surface area contributed by atoms with Crippen LogP contribution in [0, 0.1) is 0 Å². The number of aromatic nitrogens is 4. The zero-order valence-electron chi connectivity index (χ0n) is 9.92. The van der Waals surface area contributed by atoms with E-state index in [2.05, 4.69) is 15.2 Å². The van der Waals surface area contributed by atoms with Crippen molar-refractivity contribution in [2.24, 2.45) is 0 Å². The van der Waals surface area contributed by atoms with E-state index in [0.29, 0.717) is 17.4 Å². The molecule has 19 heavy (non-hydrogen) atoms. The zero-order chi connectivity index (χ0) is 13.2. The summed E-state index contributed by atoms with van der Waals surface area (Å²) in [6.45, 7) is 0.576. The number of benzene rings is 1. The Morgan fingerprint density at radius 1 is 1.16 bits per heavy atom. The van der Waals surface area contributed by atoms with Crippen molar-refractivity contribution in [1.29, 1.82) is 0 Å². The average molecular weight is 293 g/mol. The molecule has 2 aromatic heterocycles. The fraction of sp³-hybridized carbons (Fsp3) is 0.154. The molecule has 0 aliphatic carbocycles. The highest BCUT2D eigenvalue weighted by molar-refractivity contribution is 6.35. The minimum Gasteiger partial charge on any atom is -0.321 e. The molecule has 0 saturated carbocycles. The van der Waals surface area contributed by atoms with Crippen molar-refractivity contribution < 1.29 is 0 Å². The van der Waals surface area contributed by atoms with Gasteiger partial charge in [-0.15, -0.1) is 11.6 Å². The van der Waals surface area contributed by atoms with Crippen molar-refractivity contribution in [3.8, 4) is 0 Å². The molecule has 0 atom stereocenters. The summed E-state index contributed by atoms with van der Waals surface area (Å²) in [5, 5.41) is 8.59. The summed E-state index contributed by atoms with van der Waals surface area (Å²) in [4.78, 5) is 4.48. The standard InChI is InChI=1S/C13H10Cl2N4/c14-7-12-17-13-10(15)4-1-5-11(13)19(12)8-9-3-2-6-16-18-9/h1-6H,7-8H2. The van der Waals surface area contributed by atoms with Gasteiger partial charge in [0.2, 0.25) is 0 Å². The Hall–Kier alpha value is -1.65. The van der Waals surface area contributed by atoms with Crippen LogP contribution in [0.15, 0.2) is 36.5 Å². The van der Waals surface area contributed by atoms with Crippen LogP contribution in [0.2, 0.25) is 5.02 Å². The molecular formula is C13H10Cl2N4. The molecule has 3 aromatic rings. The number of rotatable bonds is 3. The van der Waals surface area contributed by atoms with E-state index >= 15 is 0 Å². The molecule has 1 aromatic carbocycles. The predicted molar refractivity (Wildman–Crippen MR) is 75.4 cm³/mol. The van der Waals surface area contributed by atoms with Crippen LogP contribution in [0.4, 0.5) is 0 Å². The average Bonchev–Trinajstić information content (AvgIpc) is 2.80. The van der Waals surface area contributed by atoms with E-state index in [4.69, 9.17) is 23.2 Å². The molecule has 0 N–H and O–H groups in total. The number of imidazole rings is 1. The van der Waals surface area contributed by atoms with Crippen LogP contribution in [0.5, 0.6) is 0 Å². The first-order chi connectivity index (χ1) is 9.29. The second kappa shape index (κ2) is 5.15. The van der Waals surface area contributed by atoms with Gasteiger partial charge in [0.1, 0.15) is 11.3 Å². The molecule has 0 saturated heterocycles. The Balaban J connectivity index is 2.14. The SMILES string of the molecule is ClCc1nc2c(Cl)cccc2n1Cc1cccnn1. The van der Waals surface area contributed by atoms with Gasteiger partial charge in [0, 0.05) is 6.20 Å². The monoisotopic (exact) mass is 292 g/mol. The van der Waals surface area contributed by atoms with Gasteiger partial charge >= 0.3 is 0 Å². The molecule has 0 spiro atoms. The van der Waals surface area contributed by atoms with Crippen molar-refractivity contribution in [3.63, 3.8) is 0 Å². The van der Waals surface area contributed by atoms with Gasteiger partial charge < -0.3 is 4.57 Å². The third kappa shape index (κ3) is 2.29. The van der Waals surface area contributed by atoms with Crippen LogP contribution < -0.4 is 0 Å². The van der Waals surface area contributed by atoms with E-state index in [9.17, 15) is 0 Å². The van der Waals surface area contributed by atoms with Crippen molar-refractivity contribution in [2.45, 2.75) is 12.4 Å². The lowest BCUT2D eigenvalue weighted by molar-refractivity contribution is 0.741. The Morgan fingerprint density at radius 2 is 2.05 bits per heavy atom. The van der Waals surface area contributed by atoms with Gasteiger partial charge in [-0.1, -0.05) is 17.7 Å². The number of para-hydroxylation sites is 1. The fourth-order valence-corrected chi connectivity index (χ4v) is 2.43. The fourth-order valence-electron chi connectivity index (χ4n) is 2.02. The highest BCUT2D eigenvalue weighted by atomic mass is 35.5. The van der Waals surface area contributed by atoms with E-state index < -0.39 is 0 Å². The molecule has 6 heteroatoms. The first-order valence-electron chi connectivity index (χ1n) is 5.76. The van der Waals surface area contributed by atoms with Gasteiger partial charge in [0.15, 0.2) is 0 Å². The Bertz CT molecular complexity index is 709. The number of nitrogens with zero attached hydrogens (tertiary/aromatic N) is 4. The summed E-state index contributed by atoms with van der Waals surface area (Å²) in [5.41, 5.74) is 2.57. The van der Waals surface area contributed by atoms with Crippen LogP contribution in [0.1, 0.15) is 11.5 Å². The first kappa shape index (κ1) is 12.4. The summed E-state index contributed by atoms with van der Waals surface area (Å²) in [6.07, 6.45) is 1.65. The lowest BCUT2D eigenvalue weighted by Gasteiger charge is -2.06. The van der Waals surface area contributed by atoms with Crippen molar-refractivity contribution >= 4 is 34.2 Å². The Morgan fingerprint density at radius 3 is 2.79 bits per heavy atom. The van der Waals surface area contributed by atoms with Crippen molar-refractivity contribution in [2.75, 3.05) is 0 Å². The second-order valence-electron chi connectivity index (χ2n) is 4.07. The topological polar surface area (TPSA) is 43.6 Å². The minimum atomic E-state index is 0.325. The number of alkyl halides is 1. The van der Waals surface area contributed by atoms with Crippen molar-refractivity contribution in [3.05, 3.63) is 53.1 Å². The summed E-state index contributed by atoms with van der Waals surface area (Å²) in [6, 6.07) is 9.47. The largest absolute Gasteiger partial charge is 0.321 e. The quantitative estimate of drug-likeness (QED) is 0.696. The van der Waals surface area contributed by atoms with Crippen LogP contribution >= 0.6 is 23.2 Å².